The molecule has 1 aliphatic heterocycles. The zero-order chi connectivity index (χ0) is 6.85. The summed E-state index contributed by atoms with van der Waals surface area (Å²) in [6.07, 6.45) is 3.21. The molecule has 1 aliphatic rings. The summed E-state index contributed by atoms with van der Waals surface area (Å²) in [5, 5.41) is 0. The fraction of sp³-hybridized carbons (Fsp3) is 0.333. The van der Waals surface area contributed by atoms with Crippen LogP contribution in [0, 0.1) is 0 Å². The van der Waals surface area contributed by atoms with Crippen molar-refractivity contribution in [3.05, 3.63) is 11.6 Å². The van der Waals surface area contributed by atoms with Crippen LogP contribution in [0.15, 0.2) is 16.6 Å². The van der Waals surface area contributed by atoms with Gasteiger partial charge >= 0.3 is 0 Å². The number of rotatable bonds is 0. The van der Waals surface area contributed by atoms with Gasteiger partial charge in [-0.2, -0.15) is 0 Å². The summed E-state index contributed by atoms with van der Waals surface area (Å²) < 4.78 is 0. The molecule has 3 nitrogen and oxygen atoms in total. The number of dihydropyridines is 1. The number of carbonyl (C=O) groups excluding carboxylic acids is 1. The van der Waals surface area contributed by atoms with Gasteiger partial charge in [0.15, 0.2) is 0 Å². The van der Waals surface area contributed by atoms with Gasteiger partial charge in [0.1, 0.15) is 6.04 Å². The van der Waals surface area contributed by atoms with Crippen molar-refractivity contribution in [2.24, 2.45) is 10.7 Å². The Bertz CT molecular complexity index is 193. The molecule has 1 heterocycles. The van der Waals surface area contributed by atoms with Crippen LogP contribution in [0.4, 0.5) is 0 Å². The largest absolute Gasteiger partial charge is 0.317 e. The predicted molar refractivity (Wildman–Crippen MR) is 35.2 cm³/mol. The maximum Gasteiger partial charge on any atom is 0.266 e. The number of amides is 1. The van der Waals surface area contributed by atoms with Crippen molar-refractivity contribution in [2.75, 3.05) is 0 Å². The van der Waals surface area contributed by atoms with Crippen LogP contribution in [-0.4, -0.2) is 18.2 Å². The molecule has 1 rings (SSSR count). The maximum atomic E-state index is 10.6. The number of aliphatic imine (C=N–C) groups is 1. The molecular weight excluding hydrogens is 116 g/mol. The third-order valence-corrected chi connectivity index (χ3v) is 1.12. The minimum Gasteiger partial charge on any atom is -0.317 e. The van der Waals surface area contributed by atoms with E-state index in [2.05, 4.69) is 4.99 Å². The topological polar surface area (TPSA) is 55.5 Å². The van der Waals surface area contributed by atoms with Gasteiger partial charge in [-0.25, -0.2) is 4.99 Å². The summed E-state index contributed by atoms with van der Waals surface area (Å²) in [5.74, 6) is -0.263. The van der Waals surface area contributed by atoms with Crippen molar-refractivity contribution in [2.45, 2.75) is 13.0 Å². The number of nitrogens with zero attached hydrogens (tertiary/aromatic N) is 1. The summed E-state index contributed by atoms with van der Waals surface area (Å²) >= 11 is 0. The van der Waals surface area contributed by atoms with Crippen LogP contribution in [0.2, 0.25) is 0 Å². The predicted octanol–water partition coefficient (Wildman–Crippen LogP) is -0.129. The molecular formula is C6H8N2O. The summed E-state index contributed by atoms with van der Waals surface area (Å²) in [4.78, 5) is 14.1. The lowest BCUT2D eigenvalue weighted by Crippen LogP contribution is -2.29. The molecule has 0 fully saturated rings. The highest BCUT2D eigenvalue weighted by molar-refractivity contribution is 5.98. The molecule has 0 aliphatic carbocycles. The van der Waals surface area contributed by atoms with Crippen LogP contribution in [-0.2, 0) is 4.79 Å². The second-order valence-electron chi connectivity index (χ2n) is 2.03. The second-order valence-corrected chi connectivity index (χ2v) is 2.03. The lowest BCUT2D eigenvalue weighted by molar-refractivity contribution is -0.118. The Balaban J connectivity index is 2.82. The second kappa shape index (κ2) is 2.11. The lowest BCUT2D eigenvalue weighted by atomic mass is 10.1. The van der Waals surface area contributed by atoms with E-state index in [1.54, 1.807) is 6.08 Å². The van der Waals surface area contributed by atoms with E-state index in [9.17, 15) is 4.79 Å². The zero-order valence-electron chi connectivity index (χ0n) is 5.16. The van der Waals surface area contributed by atoms with Crippen molar-refractivity contribution >= 4 is 12.1 Å². The molecule has 2 N–H and O–H groups in total. The fourth-order valence-corrected chi connectivity index (χ4v) is 0.649. The summed E-state index contributed by atoms with van der Waals surface area (Å²) in [6, 6.07) is -0.519. The molecule has 1 unspecified atom stereocenters. The highest BCUT2D eigenvalue weighted by atomic mass is 16.1. The van der Waals surface area contributed by atoms with Crippen LogP contribution in [0.3, 0.4) is 0 Å². The first kappa shape index (κ1) is 6.16. The van der Waals surface area contributed by atoms with Gasteiger partial charge in [-0.05, 0) is 12.5 Å². The SMILES string of the molecule is CC1=CC(N)C(=O)N=C1. The molecule has 0 aromatic carbocycles. The molecule has 48 valence electrons. The standard InChI is InChI=1S/C6H8N2O/c1-4-2-5(7)6(9)8-3-4/h2-3,5H,7H2,1H3. The molecule has 0 radical (unpaired) electrons. The van der Waals surface area contributed by atoms with Gasteiger partial charge in [0.05, 0.1) is 0 Å². The molecule has 0 saturated heterocycles. The highest BCUT2D eigenvalue weighted by Crippen LogP contribution is 1.99. The molecule has 0 saturated carbocycles. The van der Waals surface area contributed by atoms with Gasteiger partial charge in [-0.15, -0.1) is 0 Å². The van der Waals surface area contributed by atoms with E-state index in [1.165, 1.54) is 6.21 Å². The summed E-state index contributed by atoms with van der Waals surface area (Å²) in [5.41, 5.74) is 6.28. The number of allylic oxidation sites excluding steroid dienone is 1. The van der Waals surface area contributed by atoms with E-state index in [4.69, 9.17) is 5.73 Å². The molecule has 1 atom stereocenters. The van der Waals surface area contributed by atoms with Crippen LogP contribution in [0.25, 0.3) is 0 Å². The Hall–Kier alpha value is -0.960. The van der Waals surface area contributed by atoms with Crippen LogP contribution in [0.5, 0.6) is 0 Å². The number of nitrogens with two attached hydrogens (primary N) is 1. The third-order valence-electron chi connectivity index (χ3n) is 1.12. The van der Waals surface area contributed by atoms with E-state index in [1.807, 2.05) is 6.92 Å². The molecule has 0 spiro atoms. The van der Waals surface area contributed by atoms with E-state index in [0.29, 0.717) is 0 Å². The molecule has 9 heavy (non-hydrogen) atoms. The van der Waals surface area contributed by atoms with E-state index in [-0.39, 0.29) is 5.91 Å². The summed E-state index contributed by atoms with van der Waals surface area (Å²) in [6.45, 7) is 1.86. The van der Waals surface area contributed by atoms with Gasteiger partial charge in [0, 0.05) is 6.21 Å². The van der Waals surface area contributed by atoms with Crippen LogP contribution < -0.4 is 5.73 Å². The third kappa shape index (κ3) is 1.23. The first-order chi connectivity index (χ1) is 4.20. The lowest BCUT2D eigenvalue weighted by Gasteiger charge is -2.05. The Labute approximate surface area is 53.3 Å². The zero-order valence-corrected chi connectivity index (χ0v) is 5.16. The van der Waals surface area contributed by atoms with Crippen molar-refractivity contribution in [1.82, 2.24) is 0 Å². The van der Waals surface area contributed by atoms with Gasteiger partial charge in [-0.3, -0.25) is 4.79 Å². The van der Waals surface area contributed by atoms with E-state index < -0.39 is 6.04 Å². The molecule has 3 heteroatoms. The molecule has 0 bridgehead atoms. The van der Waals surface area contributed by atoms with E-state index >= 15 is 0 Å². The first-order valence-corrected chi connectivity index (χ1v) is 2.72. The Morgan fingerprint density at radius 1 is 1.78 bits per heavy atom. The minimum absolute atomic E-state index is 0.263. The highest BCUT2D eigenvalue weighted by Gasteiger charge is 2.11. The van der Waals surface area contributed by atoms with Crippen molar-refractivity contribution < 1.29 is 4.79 Å². The average molecular weight is 124 g/mol. The van der Waals surface area contributed by atoms with E-state index in [0.717, 1.165) is 5.57 Å². The number of hydrogen-bond acceptors (Lipinski definition) is 2. The van der Waals surface area contributed by atoms with Crippen LogP contribution in [0.1, 0.15) is 6.92 Å². The fourth-order valence-electron chi connectivity index (χ4n) is 0.649. The van der Waals surface area contributed by atoms with Crippen molar-refractivity contribution in [1.29, 1.82) is 0 Å². The van der Waals surface area contributed by atoms with Gasteiger partial charge < -0.3 is 5.73 Å². The Kier molecular flexibility index (Phi) is 1.44. The number of carbonyl (C=O) groups is 1. The molecule has 1 amide bonds. The summed E-state index contributed by atoms with van der Waals surface area (Å²) in [7, 11) is 0. The van der Waals surface area contributed by atoms with Crippen molar-refractivity contribution in [3.8, 4) is 0 Å². The van der Waals surface area contributed by atoms with Gasteiger partial charge in [-0.1, -0.05) is 6.08 Å². The number of hydrogen-bond donors (Lipinski definition) is 1. The normalized spacial score (nSPS) is 26.2. The molecule has 0 aromatic heterocycles. The maximum absolute atomic E-state index is 10.6. The average Bonchev–Trinajstić information content (AvgIpc) is 1.80. The quantitative estimate of drug-likeness (QED) is 0.489. The van der Waals surface area contributed by atoms with Crippen molar-refractivity contribution in [3.63, 3.8) is 0 Å². The minimum atomic E-state index is -0.519. The van der Waals surface area contributed by atoms with Gasteiger partial charge in [0.2, 0.25) is 0 Å². The Morgan fingerprint density at radius 2 is 2.44 bits per heavy atom. The van der Waals surface area contributed by atoms with Gasteiger partial charge in [0.25, 0.3) is 5.91 Å². The van der Waals surface area contributed by atoms with Crippen LogP contribution >= 0.6 is 0 Å². The molecule has 0 aromatic rings. The smallest absolute Gasteiger partial charge is 0.266 e. The monoisotopic (exact) mass is 124 g/mol. The first-order valence-electron chi connectivity index (χ1n) is 2.72. The Morgan fingerprint density at radius 3 is 2.89 bits per heavy atom.